The van der Waals surface area contributed by atoms with Gasteiger partial charge in [0.2, 0.25) is 5.91 Å². The third kappa shape index (κ3) is 6.68. The predicted molar refractivity (Wildman–Crippen MR) is 131 cm³/mol. The van der Waals surface area contributed by atoms with Crippen molar-refractivity contribution in [2.45, 2.75) is 65.1 Å². The Bertz CT molecular complexity index is 1090. The van der Waals surface area contributed by atoms with E-state index >= 15 is 0 Å². The van der Waals surface area contributed by atoms with Crippen molar-refractivity contribution in [3.8, 4) is 11.4 Å². The Labute approximate surface area is 198 Å². The molecular weight excluding hydrogens is 442 g/mol. The van der Waals surface area contributed by atoms with Crippen LogP contribution in [0, 0.1) is 0 Å². The lowest BCUT2D eigenvalue weighted by Crippen LogP contribution is -2.38. The van der Waals surface area contributed by atoms with E-state index in [1.54, 1.807) is 24.4 Å². The summed E-state index contributed by atoms with van der Waals surface area (Å²) in [6.07, 6.45) is 8.96. The smallest absolute Gasteiger partial charge is 0.351 e. The molecule has 1 aliphatic carbocycles. The normalized spacial score (nSPS) is 15.2. The highest BCUT2D eigenvalue weighted by Crippen LogP contribution is 2.20. The molecule has 0 spiro atoms. The van der Waals surface area contributed by atoms with Crippen LogP contribution in [0.2, 0.25) is 0 Å². The van der Waals surface area contributed by atoms with Crippen LogP contribution in [0.4, 0.5) is 0 Å². The average molecular weight is 472 g/mol. The summed E-state index contributed by atoms with van der Waals surface area (Å²) in [4.78, 5) is 29.8. The molecule has 0 bridgehead atoms. The summed E-state index contributed by atoms with van der Waals surface area (Å²) < 4.78 is 8.39. The first-order valence-corrected chi connectivity index (χ1v) is 11.5. The van der Waals surface area contributed by atoms with Crippen LogP contribution in [0.15, 0.2) is 51.9 Å². The van der Waals surface area contributed by atoms with Gasteiger partial charge in [-0.1, -0.05) is 24.4 Å². The Morgan fingerprint density at radius 3 is 2.64 bits per heavy atom. The molecule has 2 aromatic rings. The molecule has 1 N–H and O–H groups in total. The predicted octanol–water partition coefficient (Wildman–Crippen LogP) is 4.06. The highest BCUT2D eigenvalue weighted by molar-refractivity contribution is 6.25. The number of hydrogen-bond acceptors (Lipinski definition) is 5. The maximum absolute atomic E-state index is 13.3. The SMILES string of the molecule is C\C(=C/C=N/C=C/Cl)c1nn(CC(=O)NC2CCCC2)c(=O)n1-c1ccc(OC(C)C)cc1. The minimum absolute atomic E-state index is 0.0433. The van der Waals surface area contributed by atoms with Gasteiger partial charge in [-0.05, 0) is 69.5 Å². The number of nitrogens with one attached hydrogen (secondary N) is 1. The van der Waals surface area contributed by atoms with Crippen molar-refractivity contribution in [3.63, 3.8) is 0 Å². The number of allylic oxidation sites excluding steroid dienone is 2. The van der Waals surface area contributed by atoms with Gasteiger partial charge in [0.15, 0.2) is 5.82 Å². The van der Waals surface area contributed by atoms with Crippen molar-refractivity contribution < 1.29 is 9.53 Å². The monoisotopic (exact) mass is 471 g/mol. The Balaban J connectivity index is 1.94. The summed E-state index contributed by atoms with van der Waals surface area (Å²) in [5, 5.41) is 7.48. The van der Waals surface area contributed by atoms with Gasteiger partial charge in [-0.15, -0.1) is 5.10 Å². The van der Waals surface area contributed by atoms with E-state index in [1.807, 2.05) is 32.9 Å². The van der Waals surface area contributed by atoms with E-state index in [1.165, 1.54) is 21.0 Å². The second-order valence-corrected chi connectivity index (χ2v) is 8.48. The van der Waals surface area contributed by atoms with E-state index in [4.69, 9.17) is 16.3 Å². The van der Waals surface area contributed by atoms with Crippen LogP contribution < -0.4 is 15.7 Å². The van der Waals surface area contributed by atoms with Crippen molar-refractivity contribution in [1.29, 1.82) is 0 Å². The zero-order chi connectivity index (χ0) is 23.8. The molecule has 1 aromatic carbocycles. The van der Waals surface area contributed by atoms with E-state index < -0.39 is 5.69 Å². The van der Waals surface area contributed by atoms with Crippen LogP contribution >= 0.6 is 11.6 Å². The number of carbonyl (C=O) groups excluding carboxylic acids is 1. The molecule has 0 atom stereocenters. The van der Waals surface area contributed by atoms with Gasteiger partial charge >= 0.3 is 5.69 Å². The zero-order valence-electron chi connectivity index (χ0n) is 19.2. The molecule has 1 aromatic heterocycles. The Morgan fingerprint density at radius 2 is 2.00 bits per heavy atom. The molecule has 1 heterocycles. The third-order valence-corrected chi connectivity index (χ3v) is 5.34. The molecule has 0 unspecified atom stereocenters. The maximum Gasteiger partial charge on any atom is 0.351 e. The van der Waals surface area contributed by atoms with Crippen molar-refractivity contribution in [3.05, 3.63) is 58.4 Å². The van der Waals surface area contributed by atoms with Crippen molar-refractivity contribution in [2.24, 2.45) is 4.99 Å². The van der Waals surface area contributed by atoms with Gasteiger partial charge in [0.05, 0.1) is 11.8 Å². The van der Waals surface area contributed by atoms with Crippen LogP contribution in [-0.4, -0.2) is 38.6 Å². The number of nitrogens with zero attached hydrogens (tertiary/aromatic N) is 4. The number of aliphatic imine (C=N–C) groups is 1. The standard InChI is InChI=1S/C24H30ClN5O3/c1-17(2)33-21-10-8-20(9-11-21)30-23(18(3)12-14-26-15-13-25)28-29(24(30)32)16-22(31)27-19-6-4-5-7-19/h8-15,17,19H,4-7,16H2,1-3H3,(H,27,31)/b15-13+,18-12+,26-14+. The first-order valence-electron chi connectivity index (χ1n) is 11.1. The molecule has 9 heteroatoms. The molecule has 176 valence electrons. The maximum atomic E-state index is 13.3. The summed E-state index contributed by atoms with van der Waals surface area (Å²) in [6, 6.07) is 7.38. The van der Waals surface area contributed by atoms with Crippen LogP contribution in [0.1, 0.15) is 52.3 Å². The van der Waals surface area contributed by atoms with E-state index in [9.17, 15) is 9.59 Å². The van der Waals surface area contributed by atoms with Gasteiger partial charge in [-0.2, -0.15) is 0 Å². The van der Waals surface area contributed by atoms with Crippen LogP contribution in [-0.2, 0) is 11.3 Å². The number of rotatable bonds is 9. The molecule has 3 rings (SSSR count). The second-order valence-electron chi connectivity index (χ2n) is 8.23. The quantitative estimate of drug-likeness (QED) is 0.558. The lowest BCUT2D eigenvalue weighted by Gasteiger charge is -2.11. The van der Waals surface area contributed by atoms with E-state index in [0.717, 1.165) is 25.7 Å². The Morgan fingerprint density at radius 1 is 1.30 bits per heavy atom. The number of hydrogen-bond donors (Lipinski definition) is 1. The lowest BCUT2D eigenvalue weighted by atomic mass is 10.2. The molecule has 0 saturated heterocycles. The van der Waals surface area contributed by atoms with Crippen LogP contribution in [0.5, 0.6) is 5.75 Å². The number of ether oxygens (including phenoxy) is 1. The van der Waals surface area contributed by atoms with Crippen molar-refractivity contribution in [2.75, 3.05) is 0 Å². The van der Waals surface area contributed by atoms with E-state index in [-0.39, 0.29) is 24.6 Å². The van der Waals surface area contributed by atoms with Crippen LogP contribution in [0.3, 0.4) is 0 Å². The molecule has 8 nitrogen and oxygen atoms in total. The molecule has 1 amide bonds. The number of carbonyl (C=O) groups is 1. The fraction of sp³-hybridized carbons (Fsp3) is 0.417. The first kappa shape index (κ1) is 24.5. The average Bonchev–Trinajstić information content (AvgIpc) is 3.39. The summed E-state index contributed by atoms with van der Waals surface area (Å²) in [5.41, 5.74) is 2.23. The molecule has 33 heavy (non-hydrogen) atoms. The van der Waals surface area contributed by atoms with E-state index in [0.29, 0.717) is 22.8 Å². The Kier molecular flexibility index (Phi) is 8.65. The number of aromatic nitrogens is 3. The molecule has 1 fully saturated rings. The van der Waals surface area contributed by atoms with Gasteiger partial charge in [-0.25, -0.2) is 14.0 Å². The number of amides is 1. The summed E-state index contributed by atoms with van der Waals surface area (Å²) in [7, 11) is 0. The first-order chi connectivity index (χ1) is 15.9. The molecular formula is C24H30ClN5O3. The fourth-order valence-electron chi connectivity index (χ4n) is 3.74. The number of halogens is 1. The summed E-state index contributed by atoms with van der Waals surface area (Å²) >= 11 is 5.49. The Hall–Kier alpha value is -3.13. The highest BCUT2D eigenvalue weighted by Gasteiger charge is 2.21. The molecule has 1 saturated carbocycles. The summed E-state index contributed by atoms with van der Waals surface area (Å²) in [6.45, 7) is 5.59. The van der Waals surface area contributed by atoms with Crippen LogP contribution in [0.25, 0.3) is 11.3 Å². The topological polar surface area (TPSA) is 90.5 Å². The fourth-order valence-corrected chi connectivity index (χ4v) is 3.80. The minimum atomic E-state index is -0.394. The molecule has 0 aliphatic heterocycles. The summed E-state index contributed by atoms with van der Waals surface area (Å²) in [5.74, 6) is 0.919. The zero-order valence-corrected chi connectivity index (χ0v) is 20.0. The van der Waals surface area contributed by atoms with E-state index in [2.05, 4.69) is 15.4 Å². The van der Waals surface area contributed by atoms with Gasteiger partial charge in [-0.3, -0.25) is 9.79 Å². The largest absolute Gasteiger partial charge is 0.491 e. The minimum Gasteiger partial charge on any atom is -0.491 e. The molecule has 0 radical (unpaired) electrons. The van der Waals surface area contributed by atoms with Gasteiger partial charge in [0.25, 0.3) is 0 Å². The third-order valence-electron chi connectivity index (χ3n) is 5.23. The van der Waals surface area contributed by atoms with Crippen molar-refractivity contribution >= 4 is 29.3 Å². The molecule has 1 aliphatic rings. The highest BCUT2D eigenvalue weighted by atomic mass is 35.5. The second kappa shape index (κ2) is 11.7. The van der Waals surface area contributed by atoms with Gasteiger partial charge in [0, 0.05) is 24.0 Å². The van der Waals surface area contributed by atoms with Gasteiger partial charge < -0.3 is 10.1 Å². The van der Waals surface area contributed by atoms with Crippen molar-refractivity contribution in [1.82, 2.24) is 19.7 Å². The van der Waals surface area contributed by atoms with Gasteiger partial charge in [0.1, 0.15) is 12.3 Å². The lowest BCUT2D eigenvalue weighted by molar-refractivity contribution is -0.122. The number of benzene rings is 1.